The van der Waals surface area contributed by atoms with Gasteiger partial charge in [0.25, 0.3) is 0 Å². The van der Waals surface area contributed by atoms with E-state index >= 15 is 0 Å². The van der Waals surface area contributed by atoms with Crippen LogP contribution >= 0.6 is 0 Å². The van der Waals surface area contributed by atoms with Gasteiger partial charge in [-0.1, -0.05) is 18.2 Å². The molecule has 0 saturated carbocycles. The fourth-order valence-corrected chi connectivity index (χ4v) is 3.45. The number of carbonyl (C=O) groups excluding carboxylic acids is 2. The third-order valence-corrected chi connectivity index (χ3v) is 5.11. The number of para-hydroxylation sites is 1. The lowest BCUT2D eigenvalue weighted by Gasteiger charge is -2.37. The van der Waals surface area contributed by atoms with Crippen molar-refractivity contribution in [1.82, 2.24) is 4.90 Å². The lowest BCUT2D eigenvalue weighted by molar-refractivity contribution is -0.108. The number of anilines is 1. The Morgan fingerprint density at radius 1 is 1.15 bits per heavy atom. The maximum Gasteiger partial charge on any atom is 0.415 e. The van der Waals surface area contributed by atoms with Crippen LogP contribution in [0.4, 0.5) is 14.9 Å². The van der Waals surface area contributed by atoms with E-state index in [4.69, 9.17) is 4.74 Å². The second-order valence-corrected chi connectivity index (χ2v) is 6.74. The van der Waals surface area contributed by atoms with Crippen LogP contribution in [0.25, 0.3) is 0 Å². The Bertz CT molecular complexity index is 759. The zero-order valence-electron chi connectivity index (χ0n) is 15.3. The van der Waals surface area contributed by atoms with Gasteiger partial charge in [-0.05, 0) is 62.1 Å². The van der Waals surface area contributed by atoms with Crippen LogP contribution in [0, 0.1) is 11.7 Å². The van der Waals surface area contributed by atoms with E-state index in [1.165, 1.54) is 12.1 Å². The number of likely N-dealkylation sites (tertiary alicyclic amines) is 1. The van der Waals surface area contributed by atoms with Crippen molar-refractivity contribution >= 4 is 18.2 Å². The summed E-state index contributed by atoms with van der Waals surface area (Å²) in [6.07, 6.45) is 1.99. The molecule has 5 nitrogen and oxygen atoms in total. The summed E-state index contributed by atoms with van der Waals surface area (Å²) in [5.74, 6) is 0.449. The van der Waals surface area contributed by atoms with Gasteiger partial charge in [-0.2, -0.15) is 0 Å². The number of amides is 2. The highest BCUT2D eigenvalue weighted by Crippen LogP contribution is 2.27. The Balaban J connectivity index is 1.56. The molecule has 0 aromatic heterocycles. The average molecular weight is 370 g/mol. The van der Waals surface area contributed by atoms with Crippen molar-refractivity contribution in [3.05, 3.63) is 60.4 Å². The lowest BCUT2D eigenvalue weighted by atomic mass is 9.89. The number of carbonyl (C=O) groups is 2. The molecule has 1 fully saturated rings. The fraction of sp³-hybridized carbons (Fsp3) is 0.333. The van der Waals surface area contributed by atoms with E-state index in [1.54, 1.807) is 34.1 Å². The van der Waals surface area contributed by atoms with Crippen LogP contribution < -0.4 is 9.64 Å². The van der Waals surface area contributed by atoms with Crippen molar-refractivity contribution in [2.45, 2.75) is 25.8 Å². The largest absolute Gasteiger partial charge is 0.415 e. The molecular weight excluding hydrogens is 347 g/mol. The smallest absolute Gasteiger partial charge is 0.410 e. The minimum Gasteiger partial charge on any atom is -0.410 e. The maximum atomic E-state index is 13.1. The van der Waals surface area contributed by atoms with E-state index < -0.39 is 0 Å². The normalized spacial score (nSPS) is 15.9. The zero-order chi connectivity index (χ0) is 19.2. The fourth-order valence-electron chi connectivity index (χ4n) is 3.45. The Morgan fingerprint density at radius 3 is 2.37 bits per heavy atom. The first-order valence-corrected chi connectivity index (χ1v) is 9.09. The van der Waals surface area contributed by atoms with Crippen molar-refractivity contribution in [1.29, 1.82) is 0 Å². The van der Waals surface area contributed by atoms with Gasteiger partial charge in [-0.25, -0.2) is 9.18 Å². The summed E-state index contributed by atoms with van der Waals surface area (Å²) in [7, 11) is 0. The highest BCUT2D eigenvalue weighted by atomic mass is 19.1. The van der Waals surface area contributed by atoms with Crippen molar-refractivity contribution in [2.75, 3.05) is 18.0 Å². The van der Waals surface area contributed by atoms with E-state index in [1.807, 2.05) is 25.1 Å². The Labute approximate surface area is 158 Å². The first-order valence-electron chi connectivity index (χ1n) is 9.09. The second kappa shape index (κ2) is 8.66. The number of hydrogen-bond acceptors (Lipinski definition) is 3. The summed E-state index contributed by atoms with van der Waals surface area (Å²) in [4.78, 5) is 27.2. The number of piperidine rings is 1. The zero-order valence-corrected chi connectivity index (χ0v) is 15.3. The number of halogens is 1. The van der Waals surface area contributed by atoms with Gasteiger partial charge < -0.3 is 14.5 Å². The molecule has 1 aliphatic heterocycles. The molecule has 3 rings (SSSR count). The number of rotatable bonds is 5. The van der Waals surface area contributed by atoms with Crippen LogP contribution in [0.5, 0.6) is 5.75 Å². The topological polar surface area (TPSA) is 49.9 Å². The van der Waals surface area contributed by atoms with Crippen LogP contribution in [0.3, 0.4) is 0 Å². The summed E-state index contributed by atoms with van der Waals surface area (Å²) in [5.41, 5.74) is 0.671. The van der Waals surface area contributed by atoms with E-state index in [2.05, 4.69) is 0 Å². The van der Waals surface area contributed by atoms with Crippen LogP contribution in [0.2, 0.25) is 0 Å². The molecule has 0 bridgehead atoms. The molecule has 27 heavy (non-hydrogen) atoms. The van der Waals surface area contributed by atoms with Crippen molar-refractivity contribution < 1.29 is 18.7 Å². The first-order chi connectivity index (χ1) is 13.1. The Morgan fingerprint density at radius 2 is 1.78 bits per heavy atom. The van der Waals surface area contributed by atoms with E-state index in [0.29, 0.717) is 24.5 Å². The molecule has 2 aromatic rings. The summed E-state index contributed by atoms with van der Waals surface area (Å²) in [6, 6.07) is 14.9. The predicted molar refractivity (Wildman–Crippen MR) is 101 cm³/mol. The molecule has 0 aliphatic carbocycles. The van der Waals surface area contributed by atoms with Gasteiger partial charge in [0.2, 0.25) is 6.41 Å². The Hall–Kier alpha value is -2.89. The molecule has 1 heterocycles. The van der Waals surface area contributed by atoms with Gasteiger partial charge in [0.15, 0.2) is 0 Å². The van der Waals surface area contributed by atoms with E-state index in [-0.39, 0.29) is 23.9 Å². The molecule has 6 heteroatoms. The van der Waals surface area contributed by atoms with Gasteiger partial charge in [0.1, 0.15) is 11.6 Å². The molecule has 0 spiro atoms. The molecule has 2 aromatic carbocycles. The number of nitrogens with zero attached hydrogens (tertiary/aromatic N) is 2. The first kappa shape index (κ1) is 18.9. The standard InChI is InChI=1S/C21H23FN2O3/c1-16(24(15-25)19-9-7-18(22)8-10-19)17-11-13-23(14-12-17)21(26)27-20-5-3-2-4-6-20/h2-10,15-17H,11-14H2,1H3. The third-order valence-electron chi connectivity index (χ3n) is 5.11. The summed E-state index contributed by atoms with van der Waals surface area (Å²) in [6.45, 7) is 3.15. The molecule has 1 unspecified atom stereocenters. The third kappa shape index (κ3) is 4.64. The van der Waals surface area contributed by atoms with E-state index in [0.717, 1.165) is 19.3 Å². The van der Waals surface area contributed by atoms with Crippen LogP contribution in [0.15, 0.2) is 54.6 Å². The van der Waals surface area contributed by atoms with E-state index in [9.17, 15) is 14.0 Å². The molecule has 2 amide bonds. The van der Waals surface area contributed by atoms with Crippen LogP contribution in [-0.4, -0.2) is 36.5 Å². The maximum absolute atomic E-state index is 13.1. The molecule has 1 saturated heterocycles. The van der Waals surface area contributed by atoms with Gasteiger partial charge in [-0.15, -0.1) is 0 Å². The van der Waals surface area contributed by atoms with Crippen molar-refractivity contribution in [3.8, 4) is 5.75 Å². The van der Waals surface area contributed by atoms with Crippen molar-refractivity contribution in [2.24, 2.45) is 5.92 Å². The molecule has 1 atom stereocenters. The summed E-state index contributed by atoms with van der Waals surface area (Å²) < 4.78 is 18.5. The SMILES string of the molecule is CC(C1CCN(C(=O)Oc2ccccc2)CC1)N(C=O)c1ccc(F)cc1. The number of benzene rings is 2. The molecule has 0 radical (unpaired) electrons. The average Bonchev–Trinajstić information content (AvgIpc) is 2.70. The monoisotopic (exact) mass is 370 g/mol. The van der Waals surface area contributed by atoms with Gasteiger partial charge in [0, 0.05) is 24.8 Å². The summed E-state index contributed by atoms with van der Waals surface area (Å²) in [5, 5.41) is 0. The molecule has 1 aliphatic rings. The minimum atomic E-state index is -0.349. The summed E-state index contributed by atoms with van der Waals surface area (Å²) >= 11 is 0. The van der Waals surface area contributed by atoms with Crippen LogP contribution in [0.1, 0.15) is 19.8 Å². The van der Waals surface area contributed by atoms with Gasteiger partial charge in [-0.3, -0.25) is 4.79 Å². The minimum absolute atomic E-state index is 0.0414. The van der Waals surface area contributed by atoms with Gasteiger partial charge in [0.05, 0.1) is 0 Å². The molecule has 142 valence electrons. The van der Waals surface area contributed by atoms with Crippen molar-refractivity contribution in [3.63, 3.8) is 0 Å². The van der Waals surface area contributed by atoms with Gasteiger partial charge >= 0.3 is 6.09 Å². The lowest BCUT2D eigenvalue weighted by Crippen LogP contribution is -2.46. The predicted octanol–water partition coefficient (Wildman–Crippen LogP) is 4.09. The highest BCUT2D eigenvalue weighted by Gasteiger charge is 2.30. The molecule has 0 N–H and O–H groups in total. The highest BCUT2D eigenvalue weighted by molar-refractivity contribution is 5.76. The number of ether oxygens (including phenoxy) is 1. The second-order valence-electron chi connectivity index (χ2n) is 6.74. The Kier molecular flexibility index (Phi) is 6.06. The van der Waals surface area contributed by atoms with Crippen LogP contribution in [-0.2, 0) is 4.79 Å². The quantitative estimate of drug-likeness (QED) is 0.745. The molecular formula is C21H23FN2O3. The number of hydrogen-bond donors (Lipinski definition) is 0.